The molecule has 0 amide bonds. The number of rotatable bonds is 2. The van der Waals surface area contributed by atoms with Gasteiger partial charge in [0.25, 0.3) is 0 Å². The molecule has 0 atom stereocenters. The number of aromatic nitrogens is 2. The molecule has 2 rings (SSSR count). The van der Waals surface area contributed by atoms with Gasteiger partial charge in [-0.25, -0.2) is 4.79 Å². The lowest BCUT2D eigenvalue weighted by Gasteiger charge is -2.27. The number of nitrogens with zero attached hydrogens (tertiary/aromatic N) is 2. The molecular weight excluding hydrogens is 241 g/mol. The lowest BCUT2D eigenvalue weighted by molar-refractivity contribution is 0.0694. The molecule has 1 fully saturated rings. The van der Waals surface area contributed by atoms with Gasteiger partial charge in [0.05, 0.1) is 11.9 Å². The summed E-state index contributed by atoms with van der Waals surface area (Å²) in [4.78, 5) is 10.8. The molecule has 0 saturated carbocycles. The van der Waals surface area contributed by atoms with Crippen LogP contribution in [-0.2, 0) is 7.05 Å². The Morgan fingerprint density at radius 1 is 1.60 bits per heavy atom. The van der Waals surface area contributed by atoms with Gasteiger partial charge < -0.3 is 10.4 Å². The molecule has 7 heteroatoms. The predicted molar refractivity (Wildman–Crippen MR) is 60.3 cm³/mol. The van der Waals surface area contributed by atoms with E-state index in [0.717, 1.165) is 18.8 Å². The van der Waals surface area contributed by atoms with Gasteiger partial charge in [-0.1, -0.05) is 0 Å². The first-order valence-corrected chi connectivity index (χ1v) is 4.16. The van der Waals surface area contributed by atoms with Crippen molar-refractivity contribution in [1.82, 2.24) is 15.1 Å². The predicted octanol–water partition coefficient (Wildman–Crippen LogP) is 0.649. The van der Waals surface area contributed by atoms with Crippen LogP contribution in [0.15, 0.2) is 6.20 Å². The molecular formula is C8H13Cl2N3O2. The van der Waals surface area contributed by atoms with Gasteiger partial charge in [0.1, 0.15) is 5.56 Å². The first-order chi connectivity index (χ1) is 6.20. The molecule has 0 bridgehead atoms. The van der Waals surface area contributed by atoms with Crippen LogP contribution in [-0.4, -0.2) is 33.9 Å². The molecule has 2 heterocycles. The van der Waals surface area contributed by atoms with E-state index in [-0.39, 0.29) is 24.8 Å². The average Bonchev–Trinajstić information content (AvgIpc) is 2.30. The fourth-order valence-electron chi connectivity index (χ4n) is 1.58. The summed E-state index contributed by atoms with van der Waals surface area (Å²) in [5, 5.41) is 15.9. The molecule has 1 aromatic rings. The largest absolute Gasteiger partial charge is 0.478 e. The Bertz CT molecular complexity index is 350. The Morgan fingerprint density at radius 3 is 2.60 bits per heavy atom. The maximum Gasteiger partial charge on any atom is 0.339 e. The van der Waals surface area contributed by atoms with Crippen molar-refractivity contribution in [3.63, 3.8) is 0 Å². The topological polar surface area (TPSA) is 67.2 Å². The molecule has 0 spiro atoms. The van der Waals surface area contributed by atoms with Crippen molar-refractivity contribution in [3.8, 4) is 0 Å². The highest BCUT2D eigenvalue weighted by molar-refractivity contribution is 5.89. The summed E-state index contributed by atoms with van der Waals surface area (Å²) in [6, 6.07) is 0. The van der Waals surface area contributed by atoms with Crippen molar-refractivity contribution >= 4 is 30.8 Å². The fourth-order valence-corrected chi connectivity index (χ4v) is 1.58. The number of aromatic carboxylic acids is 1. The molecule has 0 aromatic carbocycles. The monoisotopic (exact) mass is 253 g/mol. The van der Waals surface area contributed by atoms with E-state index in [1.54, 1.807) is 11.7 Å². The third-order valence-corrected chi connectivity index (χ3v) is 2.38. The van der Waals surface area contributed by atoms with Gasteiger partial charge in [0.15, 0.2) is 0 Å². The molecule has 86 valence electrons. The Hall–Kier alpha value is -0.780. The standard InChI is InChI=1S/C8H11N3O2.2ClH/c1-11-7(5-2-9-3-5)6(4-10-11)8(12)13;;/h4-5,9H,2-3H2,1H3,(H,12,13);2*1H. The van der Waals surface area contributed by atoms with E-state index in [2.05, 4.69) is 10.4 Å². The minimum atomic E-state index is -0.894. The number of carbonyl (C=O) groups is 1. The van der Waals surface area contributed by atoms with Crippen LogP contribution in [0.5, 0.6) is 0 Å². The van der Waals surface area contributed by atoms with Crippen molar-refractivity contribution in [1.29, 1.82) is 0 Å². The van der Waals surface area contributed by atoms with Crippen LogP contribution in [0.2, 0.25) is 0 Å². The smallest absolute Gasteiger partial charge is 0.339 e. The van der Waals surface area contributed by atoms with Gasteiger partial charge in [-0.2, -0.15) is 5.10 Å². The van der Waals surface area contributed by atoms with Crippen molar-refractivity contribution in [2.45, 2.75) is 5.92 Å². The van der Waals surface area contributed by atoms with E-state index in [9.17, 15) is 4.79 Å². The quantitative estimate of drug-likeness (QED) is 0.813. The van der Waals surface area contributed by atoms with E-state index < -0.39 is 5.97 Å². The van der Waals surface area contributed by atoms with Gasteiger partial charge in [0, 0.05) is 26.1 Å². The molecule has 1 aromatic heterocycles. The fraction of sp³-hybridized carbons (Fsp3) is 0.500. The number of halogens is 2. The zero-order valence-electron chi connectivity index (χ0n) is 8.14. The van der Waals surface area contributed by atoms with Crippen LogP contribution in [0.3, 0.4) is 0 Å². The van der Waals surface area contributed by atoms with E-state index in [0.29, 0.717) is 11.5 Å². The zero-order valence-corrected chi connectivity index (χ0v) is 9.77. The van der Waals surface area contributed by atoms with Crippen molar-refractivity contribution < 1.29 is 9.90 Å². The molecule has 15 heavy (non-hydrogen) atoms. The molecule has 1 aliphatic rings. The zero-order chi connectivity index (χ0) is 9.42. The highest BCUT2D eigenvalue weighted by Gasteiger charge is 2.27. The number of hydrogen-bond donors (Lipinski definition) is 2. The summed E-state index contributed by atoms with van der Waals surface area (Å²) in [5.74, 6) is -0.589. The van der Waals surface area contributed by atoms with Gasteiger partial charge in [0.2, 0.25) is 0 Å². The lowest BCUT2D eigenvalue weighted by Crippen LogP contribution is -2.41. The molecule has 0 unspecified atom stereocenters. The number of nitrogens with one attached hydrogen (secondary N) is 1. The summed E-state index contributed by atoms with van der Waals surface area (Å²) in [6.45, 7) is 1.69. The number of aryl methyl sites for hydroxylation is 1. The molecule has 5 nitrogen and oxygen atoms in total. The van der Waals surface area contributed by atoms with Crippen LogP contribution in [0.4, 0.5) is 0 Å². The van der Waals surface area contributed by atoms with E-state index in [4.69, 9.17) is 5.11 Å². The van der Waals surface area contributed by atoms with Crippen LogP contribution in [0.25, 0.3) is 0 Å². The van der Waals surface area contributed by atoms with Crippen LogP contribution in [0, 0.1) is 0 Å². The van der Waals surface area contributed by atoms with Crippen LogP contribution in [0.1, 0.15) is 22.0 Å². The molecule has 2 N–H and O–H groups in total. The SMILES string of the molecule is Cl.Cl.Cn1ncc(C(=O)O)c1C1CNC1. The Balaban J connectivity index is 0.000000980. The number of carboxylic acids is 1. The third-order valence-electron chi connectivity index (χ3n) is 2.38. The van der Waals surface area contributed by atoms with Gasteiger partial charge in [-0.3, -0.25) is 4.68 Å². The normalized spacial score (nSPS) is 14.7. The number of carboxylic acid groups (broad SMARTS) is 1. The third kappa shape index (κ3) is 2.42. The second kappa shape index (κ2) is 5.34. The summed E-state index contributed by atoms with van der Waals surface area (Å²) in [6.07, 6.45) is 1.41. The molecule has 1 aliphatic heterocycles. The Labute approximate surface area is 99.7 Å². The highest BCUT2D eigenvalue weighted by Crippen LogP contribution is 2.22. The summed E-state index contributed by atoms with van der Waals surface area (Å²) < 4.78 is 1.65. The van der Waals surface area contributed by atoms with Gasteiger partial charge >= 0.3 is 5.97 Å². The molecule has 0 radical (unpaired) electrons. The van der Waals surface area contributed by atoms with Crippen molar-refractivity contribution in [2.24, 2.45) is 7.05 Å². The molecule has 0 aliphatic carbocycles. The summed E-state index contributed by atoms with van der Waals surface area (Å²) in [7, 11) is 1.78. The maximum atomic E-state index is 10.8. The number of hydrogen-bond acceptors (Lipinski definition) is 3. The minimum absolute atomic E-state index is 0. The minimum Gasteiger partial charge on any atom is -0.478 e. The maximum absolute atomic E-state index is 10.8. The highest BCUT2D eigenvalue weighted by atomic mass is 35.5. The van der Waals surface area contributed by atoms with Crippen molar-refractivity contribution in [3.05, 3.63) is 17.5 Å². The summed E-state index contributed by atoms with van der Waals surface area (Å²) in [5.41, 5.74) is 1.15. The van der Waals surface area contributed by atoms with E-state index >= 15 is 0 Å². The van der Waals surface area contributed by atoms with E-state index in [1.165, 1.54) is 6.20 Å². The van der Waals surface area contributed by atoms with Gasteiger partial charge in [-0.05, 0) is 0 Å². The van der Waals surface area contributed by atoms with Crippen LogP contribution < -0.4 is 5.32 Å². The van der Waals surface area contributed by atoms with E-state index in [1.807, 2.05) is 0 Å². The lowest BCUT2D eigenvalue weighted by atomic mass is 9.96. The average molecular weight is 254 g/mol. The summed E-state index contributed by atoms with van der Waals surface area (Å²) >= 11 is 0. The van der Waals surface area contributed by atoms with Gasteiger partial charge in [-0.15, -0.1) is 24.8 Å². The van der Waals surface area contributed by atoms with Crippen molar-refractivity contribution in [2.75, 3.05) is 13.1 Å². The first-order valence-electron chi connectivity index (χ1n) is 4.16. The Kier molecular flexibility index (Phi) is 5.07. The molecule has 1 saturated heterocycles. The van der Waals surface area contributed by atoms with Crippen LogP contribution >= 0.6 is 24.8 Å². The second-order valence-electron chi connectivity index (χ2n) is 3.23. The second-order valence-corrected chi connectivity index (χ2v) is 3.23. The first kappa shape index (κ1) is 14.2. The Morgan fingerprint density at radius 2 is 2.20 bits per heavy atom.